The van der Waals surface area contributed by atoms with Crippen molar-refractivity contribution < 1.29 is 4.74 Å². The number of rotatable bonds is 0. The Morgan fingerprint density at radius 2 is 2.33 bits per heavy atom. The van der Waals surface area contributed by atoms with E-state index in [1.807, 2.05) is 18.2 Å². The molecule has 1 aromatic carbocycles. The van der Waals surface area contributed by atoms with Crippen LogP contribution in [0.4, 0.5) is 5.69 Å². The fourth-order valence-electron chi connectivity index (χ4n) is 1.58. The van der Waals surface area contributed by atoms with Crippen LogP contribution >= 0.6 is 0 Å². The van der Waals surface area contributed by atoms with Crippen LogP contribution in [-0.4, -0.2) is 6.10 Å². The van der Waals surface area contributed by atoms with Crippen molar-refractivity contribution in [2.45, 2.75) is 25.9 Å². The zero-order valence-electron chi connectivity index (χ0n) is 7.21. The van der Waals surface area contributed by atoms with Crippen molar-refractivity contribution in [2.75, 3.05) is 5.73 Å². The molecule has 1 aliphatic rings. The van der Waals surface area contributed by atoms with Crippen LogP contribution in [0, 0.1) is 0 Å². The quantitative estimate of drug-likeness (QED) is 0.593. The average Bonchev–Trinajstić information content (AvgIpc) is 2.04. The molecule has 2 heteroatoms. The molecule has 0 fully saturated rings. The summed E-state index contributed by atoms with van der Waals surface area (Å²) in [5.74, 6) is 0.966. The third-order valence-electron chi connectivity index (χ3n) is 2.30. The number of fused-ring (bicyclic) bond motifs is 1. The van der Waals surface area contributed by atoms with Gasteiger partial charge in [0.15, 0.2) is 0 Å². The third kappa shape index (κ3) is 1.13. The number of hydrogen-bond donors (Lipinski definition) is 1. The van der Waals surface area contributed by atoms with E-state index in [4.69, 9.17) is 10.5 Å². The molecule has 1 unspecified atom stereocenters. The monoisotopic (exact) mass is 163 g/mol. The van der Waals surface area contributed by atoms with Crippen LogP contribution in [0.15, 0.2) is 18.2 Å². The van der Waals surface area contributed by atoms with E-state index in [-0.39, 0.29) is 0 Å². The fourth-order valence-corrected chi connectivity index (χ4v) is 1.58. The van der Waals surface area contributed by atoms with Crippen molar-refractivity contribution >= 4 is 5.69 Å². The molecule has 2 N–H and O–H groups in total. The standard InChI is InChI=1S/C10H13NO/c1-7-5-6-8-9(11)3-2-4-10(8)12-7/h2-4,7H,5-6,11H2,1H3. The normalized spacial score (nSPS) is 21.2. The summed E-state index contributed by atoms with van der Waals surface area (Å²) in [5.41, 5.74) is 7.84. The molecule has 2 nitrogen and oxygen atoms in total. The Morgan fingerprint density at radius 3 is 3.17 bits per heavy atom. The fraction of sp³-hybridized carbons (Fsp3) is 0.400. The van der Waals surface area contributed by atoms with Gasteiger partial charge in [-0.15, -0.1) is 0 Å². The Hall–Kier alpha value is -1.18. The molecule has 0 radical (unpaired) electrons. The van der Waals surface area contributed by atoms with Crippen molar-refractivity contribution in [1.29, 1.82) is 0 Å². The summed E-state index contributed by atoms with van der Waals surface area (Å²) in [6, 6.07) is 5.85. The van der Waals surface area contributed by atoms with Gasteiger partial charge < -0.3 is 10.5 Å². The van der Waals surface area contributed by atoms with Crippen LogP contribution in [0.25, 0.3) is 0 Å². The minimum atomic E-state index is 0.333. The minimum Gasteiger partial charge on any atom is -0.490 e. The van der Waals surface area contributed by atoms with E-state index in [1.54, 1.807) is 0 Å². The molecule has 1 aromatic rings. The van der Waals surface area contributed by atoms with Crippen molar-refractivity contribution in [3.63, 3.8) is 0 Å². The molecule has 0 bridgehead atoms. The lowest BCUT2D eigenvalue weighted by atomic mass is 10.0. The van der Waals surface area contributed by atoms with Crippen LogP contribution in [0.1, 0.15) is 18.9 Å². The molecule has 64 valence electrons. The lowest BCUT2D eigenvalue weighted by Gasteiger charge is -2.23. The largest absolute Gasteiger partial charge is 0.490 e. The van der Waals surface area contributed by atoms with Gasteiger partial charge in [-0.1, -0.05) is 6.07 Å². The first-order chi connectivity index (χ1) is 5.77. The molecule has 0 amide bonds. The Balaban J connectivity index is 2.42. The van der Waals surface area contributed by atoms with Gasteiger partial charge in [0.25, 0.3) is 0 Å². The van der Waals surface area contributed by atoms with Crippen molar-refractivity contribution in [3.8, 4) is 5.75 Å². The highest BCUT2D eigenvalue weighted by Gasteiger charge is 2.16. The van der Waals surface area contributed by atoms with Crippen LogP contribution in [0.3, 0.4) is 0 Å². The number of ether oxygens (including phenoxy) is 1. The van der Waals surface area contributed by atoms with Crippen molar-refractivity contribution in [3.05, 3.63) is 23.8 Å². The van der Waals surface area contributed by atoms with Gasteiger partial charge in [-0.25, -0.2) is 0 Å². The highest BCUT2D eigenvalue weighted by atomic mass is 16.5. The highest BCUT2D eigenvalue weighted by Crippen LogP contribution is 2.31. The van der Waals surface area contributed by atoms with E-state index < -0.39 is 0 Å². The van der Waals surface area contributed by atoms with Gasteiger partial charge in [-0.3, -0.25) is 0 Å². The Labute approximate surface area is 72.3 Å². The van der Waals surface area contributed by atoms with E-state index >= 15 is 0 Å². The van der Waals surface area contributed by atoms with Crippen LogP contribution in [0.2, 0.25) is 0 Å². The van der Waals surface area contributed by atoms with E-state index in [1.165, 1.54) is 5.56 Å². The smallest absolute Gasteiger partial charge is 0.124 e. The first-order valence-corrected chi connectivity index (χ1v) is 4.31. The summed E-state index contributed by atoms with van der Waals surface area (Å²) < 4.78 is 5.63. The summed E-state index contributed by atoms with van der Waals surface area (Å²) >= 11 is 0. The first-order valence-electron chi connectivity index (χ1n) is 4.31. The maximum absolute atomic E-state index is 5.81. The zero-order chi connectivity index (χ0) is 8.55. The van der Waals surface area contributed by atoms with Crippen LogP contribution in [0.5, 0.6) is 5.75 Å². The molecule has 0 spiro atoms. The third-order valence-corrected chi connectivity index (χ3v) is 2.30. The Morgan fingerprint density at radius 1 is 1.50 bits per heavy atom. The number of anilines is 1. The number of nitrogen functional groups attached to an aromatic ring is 1. The second-order valence-electron chi connectivity index (χ2n) is 3.29. The van der Waals surface area contributed by atoms with E-state index in [0.29, 0.717) is 6.10 Å². The maximum atomic E-state index is 5.81. The molecule has 0 aromatic heterocycles. The van der Waals surface area contributed by atoms with Gasteiger partial charge in [0.1, 0.15) is 5.75 Å². The van der Waals surface area contributed by atoms with E-state index in [0.717, 1.165) is 24.3 Å². The molecular formula is C10H13NO. The molecule has 0 saturated carbocycles. The zero-order valence-corrected chi connectivity index (χ0v) is 7.21. The predicted octanol–water partition coefficient (Wildman–Crippen LogP) is 1.98. The summed E-state index contributed by atoms with van der Waals surface area (Å²) in [7, 11) is 0. The SMILES string of the molecule is CC1CCc2c(N)cccc2O1. The van der Waals surface area contributed by atoms with Crippen molar-refractivity contribution in [2.24, 2.45) is 0 Å². The lowest BCUT2D eigenvalue weighted by Crippen LogP contribution is -2.19. The summed E-state index contributed by atoms with van der Waals surface area (Å²) in [6.45, 7) is 2.09. The lowest BCUT2D eigenvalue weighted by molar-refractivity contribution is 0.193. The van der Waals surface area contributed by atoms with Gasteiger partial charge >= 0.3 is 0 Å². The molecule has 1 heterocycles. The first kappa shape index (κ1) is 7.47. The van der Waals surface area contributed by atoms with Gasteiger partial charge in [0, 0.05) is 11.3 Å². The number of hydrogen-bond acceptors (Lipinski definition) is 2. The average molecular weight is 163 g/mol. The second kappa shape index (κ2) is 2.70. The Kier molecular flexibility index (Phi) is 1.68. The predicted molar refractivity (Wildman–Crippen MR) is 49.3 cm³/mol. The minimum absolute atomic E-state index is 0.333. The molecule has 12 heavy (non-hydrogen) atoms. The Bertz CT molecular complexity index is 296. The molecule has 0 aliphatic carbocycles. The van der Waals surface area contributed by atoms with Crippen molar-refractivity contribution in [1.82, 2.24) is 0 Å². The topological polar surface area (TPSA) is 35.2 Å². The van der Waals surface area contributed by atoms with Gasteiger partial charge in [0.2, 0.25) is 0 Å². The maximum Gasteiger partial charge on any atom is 0.124 e. The molecular weight excluding hydrogens is 150 g/mol. The number of benzene rings is 1. The molecule has 1 aliphatic heterocycles. The summed E-state index contributed by atoms with van der Waals surface area (Å²) in [4.78, 5) is 0. The number of nitrogens with two attached hydrogens (primary N) is 1. The highest BCUT2D eigenvalue weighted by molar-refractivity contribution is 5.54. The van der Waals surface area contributed by atoms with E-state index in [9.17, 15) is 0 Å². The van der Waals surface area contributed by atoms with Crippen LogP contribution < -0.4 is 10.5 Å². The van der Waals surface area contributed by atoms with Crippen LogP contribution in [-0.2, 0) is 6.42 Å². The molecule has 2 rings (SSSR count). The molecule has 0 saturated heterocycles. The summed E-state index contributed by atoms with van der Waals surface area (Å²) in [5, 5.41) is 0. The van der Waals surface area contributed by atoms with Gasteiger partial charge in [0.05, 0.1) is 6.10 Å². The van der Waals surface area contributed by atoms with Gasteiger partial charge in [-0.2, -0.15) is 0 Å². The molecule has 1 atom stereocenters. The second-order valence-corrected chi connectivity index (χ2v) is 3.29. The summed E-state index contributed by atoms with van der Waals surface area (Å²) in [6.07, 6.45) is 2.45. The van der Waals surface area contributed by atoms with Gasteiger partial charge in [-0.05, 0) is 31.9 Å². The van der Waals surface area contributed by atoms with E-state index in [2.05, 4.69) is 6.92 Å².